The van der Waals surface area contributed by atoms with Crippen LogP contribution in [0.2, 0.25) is 0 Å². The number of nitrogens with zero attached hydrogens (tertiary/aromatic N) is 1. The van der Waals surface area contributed by atoms with Gasteiger partial charge in [0.15, 0.2) is 0 Å². The quantitative estimate of drug-likeness (QED) is 0.927. The highest BCUT2D eigenvalue weighted by molar-refractivity contribution is 5.76. The average molecular weight is 291 g/mol. The van der Waals surface area contributed by atoms with E-state index >= 15 is 0 Å². The van der Waals surface area contributed by atoms with Crippen molar-refractivity contribution in [3.8, 4) is 5.75 Å². The van der Waals surface area contributed by atoms with Gasteiger partial charge in [0.25, 0.3) is 0 Å². The van der Waals surface area contributed by atoms with Crippen molar-refractivity contribution in [2.24, 2.45) is 0 Å². The maximum absolute atomic E-state index is 12.2. The maximum Gasteiger partial charge on any atom is 0.226 e. The van der Waals surface area contributed by atoms with Crippen molar-refractivity contribution < 1.29 is 14.6 Å². The Morgan fingerprint density at radius 3 is 2.90 bits per heavy atom. The van der Waals surface area contributed by atoms with Gasteiger partial charge in [-0.3, -0.25) is 4.79 Å². The van der Waals surface area contributed by atoms with E-state index in [1.165, 1.54) is 0 Å². The Labute approximate surface area is 126 Å². The molecule has 1 aromatic rings. The van der Waals surface area contributed by atoms with Gasteiger partial charge in [0.2, 0.25) is 5.91 Å². The molecule has 0 radical (unpaired) electrons. The fourth-order valence-electron chi connectivity index (χ4n) is 2.70. The number of carbonyl (C=O) groups excluding carboxylic acids is 1. The molecule has 1 heterocycles. The second kappa shape index (κ2) is 6.48. The molecule has 1 aliphatic rings. The van der Waals surface area contributed by atoms with Crippen molar-refractivity contribution in [2.45, 2.75) is 45.6 Å². The first kappa shape index (κ1) is 15.8. The summed E-state index contributed by atoms with van der Waals surface area (Å²) in [6.45, 7) is 7.35. The number of aryl methyl sites for hydroxylation is 2. The molecule has 0 spiro atoms. The molecular formula is C17H25NO3. The second-order valence-electron chi connectivity index (χ2n) is 6.28. The highest BCUT2D eigenvalue weighted by Gasteiger charge is 2.30. The molecule has 1 N–H and O–H groups in total. The molecular weight excluding hydrogens is 266 g/mol. The number of benzene rings is 1. The minimum atomic E-state index is -0.748. The Bertz CT molecular complexity index is 511. The largest absolute Gasteiger partial charge is 0.493 e. The van der Waals surface area contributed by atoms with E-state index < -0.39 is 5.60 Å². The van der Waals surface area contributed by atoms with Crippen LogP contribution in [0.15, 0.2) is 18.2 Å². The molecule has 1 fully saturated rings. The SMILES string of the molecule is Cc1ccc(C)c(OCCC(=O)N2CCCC(C)(O)C2)c1. The third-order valence-electron chi connectivity index (χ3n) is 3.94. The Kier molecular flexibility index (Phi) is 4.88. The average Bonchev–Trinajstić information content (AvgIpc) is 2.41. The maximum atomic E-state index is 12.2. The van der Waals surface area contributed by atoms with E-state index in [0.717, 1.165) is 36.3 Å². The molecule has 2 rings (SSSR count). The van der Waals surface area contributed by atoms with Crippen molar-refractivity contribution in [3.05, 3.63) is 29.3 Å². The van der Waals surface area contributed by atoms with Gasteiger partial charge >= 0.3 is 0 Å². The third-order valence-corrected chi connectivity index (χ3v) is 3.94. The molecule has 1 atom stereocenters. The predicted molar refractivity (Wildman–Crippen MR) is 82.5 cm³/mol. The highest BCUT2D eigenvalue weighted by atomic mass is 16.5. The zero-order valence-electron chi connectivity index (χ0n) is 13.2. The molecule has 116 valence electrons. The molecule has 0 saturated carbocycles. The molecule has 4 heteroatoms. The monoisotopic (exact) mass is 291 g/mol. The number of piperidine rings is 1. The van der Waals surface area contributed by atoms with Crippen LogP contribution >= 0.6 is 0 Å². The summed E-state index contributed by atoms with van der Waals surface area (Å²) < 4.78 is 5.72. The molecule has 1 amide bonds. The van der Waals surface area contributed by atoms with Crippen LogP contribution in [0.3, 0.4) is 0 Å². The van der Waals surface area contributed by atoms with Crippen LogP contribution in [0.4, 0.5) is 0 Å². The van der Waals surface area contributed by atoms with E-state index in [4.69, 9.17) is 4.74 Å². The van der Waals surface area contributed by atoms with Crippen LogP contribution in [0, 0.1) is 13.8 Å². The minimum absolute atomic E-state index is 0.0558. The predicted octanol–water partition coefficient (Wildman–Crippen LogP) is 2.45. The van der Waals surface area contributed by atoms with E-state index in [1.54, 1.807) is 11.8 Å². The second-order valence-corrected chi connectivity index (χ2v) is 6.28. The van der Waals surface area contributed by atoms with Gasteiger partial charge in [-0.1, -0.05) is 12.1 Å². The van der Waals surface area contributed by atoms with E-state index in [9.17, 15) is 9.90 Å². The third kappa shape index (κ3) is 4.46. The van der Waals surface area contributed by atoms with Gasteiger partial charge in [0.05, 0.1) is 18.6 Å². The first-order valence-corrected chi connectivity index (χ1v) is 7.58. The van der Waals surface area contributed by atoms with Crippen LogP contribution in [0.25, 0.3) is 0 Å². The van der Waals surface area contributed by atoms with Crippen molar-refractivity contribution in [1.29, 1.82) is 0 Å². The van der Waals surface area contributed by atoms with Crippen LogP contribution in [-0.4, -0.2) is 41.2 Å². The summed E-state index contributed by atoms with van der Waals surface area (Å²) in [6.07, 6.45) is 1.97. The first-order valence-electron chi connectivity index (χ1n) is 7.58. The van der Waals surface area contributed by atoms with Gasteiger partial charge in [-0.15, -0.1) is 0 Å². The standard InChI is InChI=1S/C17H25NO3/c1-13-5-6-14(2)15(11-13)21-10-7-16(19)18-9-4-8-17(3,20)12-18/h5-6,11,20H,4,7-10,12H2,1-3H3. The van der Waals surface area contributed by atoms with Gasteiger partial charge < -0.3 is 14.7 Å². The molecule has 21 heavy (non-hydrogen) atoms. The molecule has 0 bridgehead atoms. The van der Waals surface area contributed by atoms with Crippen LogP contribution in [0.5, 0.6) is 5.75 Å². The lowest BCUT2D eigenvalue weighted by Crippen LogP contribution is -2.48. The number of likely N-dealkylation sites (tertiary alicyclic amines) is 1. The van der Waals surface area contributed by atoms with Gasteiger partial charge in [-0.25, -0.2) is 0 Å². The topological polar surface area (TPSA) is 49.8 Å². The fourth-order valence-corrected chi connectivity index (χ4v) is 2.70. The number of ether oxygens (including phenoxy) is 1. The lowest BCUT2D eigenvalue weighted by atomic mass is 9.95. The summed E-state index contributed by atoms with van der Waals surface area (Å²) in [7, 11) is 0. The van der Waals surface area contributed by atoms with Crippen molar-refractivity contribution >= 4 is 5.91 Å². The zero-order chi connectivity index (χ0) is 15.5. The van der Waals surface area contributed by atoms with Crippen LogP contribution in [-0.2, 0) is 4.79 Å². The first-order chi connectivity index (χ1) is 9.87. The summed E-state index contributed by atoms with van der Waals surface area (Å²) >= 11 is 0. The Morgan fingerprint density at radius 2 is 2.19 bits per heavy atom. The molecule has 0 aromatic heterocycles. The normalized spacial score (nSPS) is 22.2. The smallest absolute Gasteiger partial charge is 0.226 e. The van der Waals surface area contributed by atoms with E-state index in [1.807, 2.05) is 32.0 Å². The Balaban J connectivity index is 1.83. The number of carbonyl (C=O) groups is 1. The number of aliphatic hydroxyl groups is 1. The number of rotatable bonds is 4. The highest BCUT2D eigenvalue weighted by Crippen LogP contribution is 2.22. The van der Waals surface area contributed by atoms with Crippen LogP contribution in [0.1, 0.15) is 37.3 Å². The van der Waals surface area contributed by atoms with Crippen molar-refractivity contribution in [1.82, 2.24) is 4.90 Å². The van der Waals surface area contributed by atoms with Gasteiger partial charge in [-0.2, -0.15) is 0 Å². The summed E-state index contributed by atoms with van der Waals surface area (Å²) in [5, 5.41) is 10.0. The van der Waals surface area contributed by atoms with Gasteiger partial charge in [0, 0.05) is 13.1 Å². The van der Waals surface area contributed by atoms with E-state index in [-0.39, 0.29) is 5.91 Å². The molecule has 4 nitrogen and oxygen atoms in total. The van der Waals surface area contributed by atoms with E-state index in [2.05, 4.69) is 0 Å². The Hall–Kier alpha value is -1.55. The molecule has 1 saturated heterocycles. The Morgan fingerprint density at radius 1 is 1.43 bits per heavy atom. The molecule has 0 aliphatic carbocycles. The van der Waals surface area contributed by atoms with E-state index in [0.29, 0.717) is 19.6 Å². The molecule has 1 unspecified atom stereocenters. The zero-order valence-corrected chi connectivity index (χ0v) is 13.2. The fraction of sp³-hybridized carbons (Fsp3) is 0.588. The molecule has 1 aromatic carbocycles. The number of hydrogen-bond donors (Lipinski definition) is 1. The van der Waals surface area contributed by atoms with Crippen molar-refractivity contribution in [3.63, 3.8) is 0 Å². The van der Waals surface area contributed by atoms with Crippen LogP contribution < -0.4 is 4.74 Å². The summed E-state index contributed by atoms with van der Waals surface area (Å²) in [5.74, 6) is 0.897. The minimum Gasteiger partial charge on any atom is -0.493 e. The summed E-state index contributed by atoms with van der Waals surface area (Å²) in [4.78, 5) is 13.9. The van der Waals surface area contributed by atoms with Gasteiger partial charge in [0.1, 0.15) is 5.75 Å². The summed E-state index contributed by atoms with van der Waals surface area (Å²) in [5.41, 5.74) is 1.48. The number of hydrogen-bond acceptors (Lipinski definition) is 3. The lowest BCUT2D eigenvalue weighted by Gasteiger charge is -2.36. The number of amides is 1. The molecule has 1 aliphatic heterocycles. The van der Waals surface area contributed by atoms with Crippen molar-refractivity contribution in [2.75, 3.05) is 19.7 Å². The lowest BCUT2D eigenvalue weighted by molar-refractivity contribution is -0.138. The number of β-amino-alcohol motifs (C(OH)–C–C–N with tert-alkyl or cyclic N) is 1. The summed E-state index contributed by atoms with van der Waals surface area (Å²) in [6, 6.07) is 6.06. The van der Waals surface area contributed by atoms with Gasteiger partial charge in [-0.05, 0) is 50.8 Å².